The zero-order valence-electron chi connectivity index (χ0n) is 5.37. The first-order valence-corrected chi connectivity index (χ1v) is 2.84. The lowest BCUT2D eigenvalue weighted by atomic mass is 9.85. The first kappa shape index (κ1) is 7.13. The molecule has 1 nitrogen and oxygen atoms in total. The van der Waals surface area contributed by atoms with Gasteiger partial charge in [0.2, 0.25) is 0 Å². The predicted molar refractivity (Wildman–Crippen MR) is 42.6 cm³/mol. The highest BCUT2D eigenvalue weighted by Gasteiger charge is 1.93. The van der Waals surface area contributed by atoms with Crippen LogP contribution in [0.5, 0.6) is 0 Å². The molecule has 0 fully saturated rings. The van der Waals surface area contributed by atoms with Crippen molar-refractivity contribution in [3.8, 4) is 0 Å². The molecular formula is C7H4B2O. The number of hydrogen-bond acceptors (Lipinski definition) is 1. The second-order valence-electron chi connectivity index (χ2n) is 2.01. The van der Waals surface area contributed by atoms with Gasteiger partial charge in [0.05, 0.1) is 0 Å². The van der Waals surface area contributed by atoms with Crippen LogP contribution in [0.3, 0.4) is 0 Å². The summed E-state index contributed by atoms with van der Waals surface area (Å²) in [6, 6.07) is 4.81. The van der Waals surface area contributed by atoms with Gasteiger partial charge in [-0.1, -0.05) is 29.1 Å². The highest BCUT2D eigenvalue weighted by atomic mass is 16.1. The van der Waals surface area contributed by atoms with Crippen LogP contribution in [0.1, 0.15) is 10.4 Å². The van der Waals surface area contributed by atoms with E-state index in [4.69, 9.17) is 15.7 Å². The van der Waals surface area contributed by atoms with Crippen LogP contribution in [0.15, 0.2) is 18.2 Å². The van der Waals surface area contributed by atoms with Crippen LogP contribution >= 0.6 is 0 Å². The number of aldehydes is 1. The lowest BCUT2D eigenvalue weighted by molar-refractivity contribution is 0.112. The first-order chi connectivity index (χ1) is 4.74. The van der Waals surface area contributed by atoms with Crippen molar-refractivity contribution >= 4 is 32.9 Å². The van der Waals surface area contributed by atoms with Crippen LogP contribution in [0.2, 0.25) is 0 Å². The Bertz CT molecular complexity index is 258. The lowest BCUT2D eigenvalue weighted by Crippen LogP contribution is -2.15. The summed E-state index contributed by atoms with van der Waals surface area (Å²) in [6.07, 6.45) is 0.686. The number of carbonyl (C=O) groups excluding carboxylic acids is 1. The SMILES string of the molecule is [B]c1ccc([B])c(C=O)c1. The Morgan fingerprint density at radius 1 is 1.30 bits per heavy atom. The van der Waals surface area contributed by atoms with Crippen molar-refractivity contribution in [2.45, 2.75) is 0 Å². The minimum atomic E-state index is 0.444. The van der Waals surface area contributed by atoms with Crippen LogP contribution in [0.25, 0.3) is 0 Å². The molecule has 0 bridgehead atoms. The molecule has 0 spiro atoms. The summed E-state index contributed by atoms with van der Waals surface area (Å²) in [7, 11) is 10.8. The lowest BCUT2D eigenvalue weighted by Gasteiger charge is -1.98. The molecule has 3 heteroatoms. The maximum atomic E-state index is 10.2. The molecule has 0 aliphatic rings. The van der Waals surface area contributed by atoms with Gasteiger partial charge in [-0.15, -0.1) is 0 Å². The molecule has 0 heterocycles. The average molecular weight is 126 g/mol. The summed E-state index contributed by atoms with van der Waals surface area (Å²) in [4.78, 5) is 10.2. The Hall–Kier alpha value is -0.980. The van der Waals surface area contributed by atoms with Gasteiger partial charge >= 0.3 is 0 Å². The van der Waals surface area contributed by atoms with E-state index in [-0.39, 0.29) is 0 Å². The van der Waals surface area contributed by atoms with Crippen LogP contribution < -0.4 is 10.9 Å². The van der Waals surface area contributed by atoms with Crippen molar-refractivity contribution in [3.05, 3.63) is 23.8 Å². The molecule has 4 radical (unpaired) electrons. The predicted octanol–water partition coefficient (Wildman–Crippen LogP) is -0.913. The third kappa shape index (κ3) is 1.29. The van der Waals surface area contributed by atoms with E-state index in [1.807, 2.05) is 0 Å². The smallest absolute Gasteiger partial charge is 0.149 e. The van der Waals surface area contributed by atoms with Gasteiger partial charge in [-0.2, -0.15) is 0 Å². The molecule has 10 heavy (non-hydrogen) atoms. The van der Waals surface area contributed by atoms with E-state index in [9.17, 15) is 4.79 Å². The summed E-state index contributed by atoms with van der Waals surface area (Å²) in [5.41, 5.74) is 1.46. The van der Waals surface area contributed by atoms with Crippen molar-refractivity contribution < 1.29 is 4.79 Å². The average Bonchev–Trinajstić information content (AvgIpc) is 1.94. The fourth-order valence-electron chi connectivity index (χ4n) is 0.695. The topological polar surface area (TPSA) is 17.1 Å². The van der Waals surface area contributed by atoms with Gasteiger partial charge in [0.15, 0.2) is 0 Å². The van der Waals surface area contributed by atoms with Crippen LogP contribution in [0, 0.1) is 0 Å². The summed E-state index contributed by atoms with van der Waals surface area (Å²) >= 11 is 0. The molecule has 44 valence electrons. The van der Waals surface area contributed by atoms with Gasteiger partial charge in [0, 0.05) is 5.56 Å². The standard InChI is InChI=1S/C7H4B2O/c8-6-1-2-7(9)5(3-6)4-10/h1-4H. The number of benzene rings is 1. The normalized spacial score (nSPS) is 9.20. The highest BCUT2D eigenvalue weighted by Crippen LogP contribution is 1.85. The van der Waals surface area contributed by atoms with E-state index < -0.39 is 0 Å². The van der Waals surface area contributed by atoms with Crippen LogP contribution in [-0.2, 0) is 0 Å². The Labute approximate surface area is 62.3 Å². The van der Waals surface area contributed by atoms with E-state index in [1.165, 1.54) is 0 Å². The molecule has 0 amide bonds. The second-order valence-corrected chi connectivity index (χ2v) is 2.01. The van der Waals surface area contributed by atoms with Gasteiger partial charge in [0.25, 0.3) is 0 Å². The summed E-state index contributed by atoms with van der Waals surface area (Å²) < 4.78 is 0. The summed E-state index contributed by atoms with van der Waals surface area (Å²) in [5.74, 6) is 0. The molecule has 0 aliphatic heterocycles. The molecule has 1 aromatic carbocycles. The molecule has 0 N–H and O–H groups in total. The monoisotopic (exact) mass is 126 g/mol. The number of rotatable bonds is 1. The molecule has 0 saturated heterocycles. The molecule has 0 saturated carbocycles. The first-order valence-electron chi connectivity index (χ1n) is 2.84. The minimum Gasteiger partial charge on any atom is -0.298 e. The van der Waals surface area contributed by atoms with Crippen molar-refractivity contribution in [1.82, 2.24) is 0 Å². The summed E-state index contributed by atoms with van der Waals surface area (Å²) in [6.45, 7) is 0. The summed E-state index contributed by atoms with van der Waals surface area (Å²) in [5, 5.41) is 0. The zero-order chi connectivity index (χ0) is 7.56. The molecule has 0 atom stereocenters. The van der Waals surface area contributed by atoms with Crippen molar-refractivity contribution in [1.29, 1.82) is 0 Å². The fraction of sp³-hybridized carbons (Fsp3) is 0. The Kier molecular flexibility index (Phi) is 1.95. The molecule has 0 unspecified atom stereocenters. The van der Waals surface area contributed by atoms with Crippen LogP contribution in [0.4, 0.5) is 0 Å². The van der Waals surface area contributed by atoms with Gasteiger partial charge in [0.1, 0.15) is 22.0 Å². The third-order valence-corrected chi connectivity index (χ3v) is 1.24. The van der Waals surface area contributed by atoms with E-state index in [2.05, 4.69) is 0 Å². The van der Waals surface area contributed by atoms with Gasteiger partial charge < -0.3 is 0 Å². The van der Waals surface area contributed by atoms with Gasteiger partial charge in [-0.05, 0) is 0 Å². The highest BCUT2D eigenvalue weighted by molar-refractivity contribution is 6.38. The quantitative estimate of drug-likeness (QED) is 0.351. The molecule has 1 aromatic rings. The number of carbonyl (C=O) groups is 1. The van der Waals surface area contributed by atoms with Crippen molar-refractivity contribution in [2.24, 2.45) is 0 Å². The van der Waals surface area contributed by atoms with E-state index in [0.29, 0.717) is 22.8 Å². The van der Waals surface area contributed by atoms with Gasteiger partial charge in [-0.25, -0.2) is 0 Å². The second kappa shape index (κ2) is 2.74. The van der Waals surface area contributed by atoms with Crippen molar-refractivity contribution in [3.63, 3.8) is 0 Å². The molecule has 1 rings (SSSR count). The largest absolute Gasteiger partial charge is 0.298 e. The fourth-order valence-corrected chi connectivity index (χ4v) is 0.695. The van der Waals surface area contributed by atoms with Crippen molar-refractivity contribution in [2.75, 3.05) is 0 Å². The molecular weight excluding hydrogens is 122 g/mol. The third-order valence-electron chi connectivity index (χ3n) is 1.24. The minimum absolute atomic E-state index is 0.444. The zero-order valence-corrected chi connectivity index (χ0v) is 5.37. The van der Waals surface area contributed by atoms with E-state index in [0.717, 1.165) is 0 Å². The maximum absolute atomic E-state index is 10.2. The molecule has 0 aliphatic carbocycles. The van der Waals surface area contributed by atoms with Crippen LogP contribution in [-0.4, -0.2) is 22.0 Å². The maximum Gasteiger partial charge on any atom is 0.149 e. The number of hydrogen-bond donors (Lipinski definition) is 0. The Morgan fingerprint density at radius 2 is 2.00 bits per heavy atom. The van der Waals surface area contributed by atoms with E-state index >= 15 is 0 Å². The molecule has 0 aromatic heterocycles. The Balaban J connectivity index is 3.21. The van der Waals surface area contributed by atoms with Gasteiger partial charge in [-0.3, -0.25) is 4.79 Å². The van der Waals surface area contributed by atoms with E-state index in [1.54, 1.807) is 18.2 Å². The Morgan fingerprint density at radius 3 is 2.50 bits per heavy atom.